The molecule has 0 amide bonds. The van der Waals surface area contributed by atoms with Gasteiger partial charge in [0.25, 0.3) is 0 Å². The summed E-state index contributed by atoms with van der Waals surface area (Å²) in [5.74, 6) is -1.58. The summed E-state index contributed by atoms with van der Waals surface area (Å²) in [5, 5.41) is 20.7. The Hall–Kier alpha value is -4.57. The van der Waals surface area contributed by atoms with E-state index in [9.17, 15) is 43.5 Å². The van der Waals surface area contributed by atoms with Crippen molar-refractivity contribution in [2.24, 2.45) is 0 Å². The normalized spacial score (nSPS) is 14.5. The van der Waals surface area contributed by atoms with Crippen LogP contribution >= 0.6 is 15.6 Å². The topological polar surface area (TPSA) is 231 Å². The molecule has 0 aliphatic carbocycles. The number of phosphoric acid groups is 2. The van der Waals surface area contributed by atoms with Crippen molar-refractivity contribution in [2.45, 2.75) is 386 Å². The average molecular weight is 1600 g/mol. The molecule has 111 heavy (non-hydrogen) atoms. The summed E-state index contributed by atoms with van der Waals surface area (Å²) >= 11 is 0. The summed E-state index contributed by atoms with van der Waals surface area (Å²) in [5.41, 5.74) is 0. The molecule has 0 aromatic rings. The van der Waals surface area contributed by atoms with Crippen molar-refractivity contribution in [3.63, 3.8) is 0 Å². The number of ether oxygens (including phenoxy) is 3. The van der Waals surface area contributed by atoms with Crippen LogP contribution in [0.4, 0.5) is 0 Å². The maximum absolute atomic E-state index is 13.0. The summed E-state index contributed by atoms with van der Waals surface area (Å²) in [6.07, 6.45) is 106. The predicted octanol–water partition coefficient (Wildman–Crippen LogP) is 26.8. The molecule has 4 N–H and O–H groups in total. The predicted molar refractivity (Wildman–Crippen MR) is 463 cm³/mol. The second kappa shape index (κ2) is 84.8. The van der Waals surface area contributed by atoms with Crippen molar-refractivity contribution >= 4 is 33.6 Å². The molecule has 16 nitrogen and oxygen atoms in total. The molecule has 0 saturated heterocycles. The number of hydrogen-bond donors (Lipinski definition) is 4. The number of phosphoric ester groups is 2. The second-order valence-electron chi connectivity index (χ2n) is 29.3. The van der Waals surface area contributed by atoms with E-state index in [0.29, 0.717) is 19.3 Å². The monoisotopic (exact) mass is 1600 g/mol. The molecule has 0 radical (unpaired) electrons. The van der Waals surface area contributed by atoms with E-state index in [4.69, 9.17) is 32.3 Å². The number of aliphatic hydroxyl groups is 2. The number of hydrogen-bond acceptors (Lipinski definition) is 14. The Kier molecular flexibility index (Phi) is 81.3. The van der Waals surface area contributed by atoms with Crippen LogP contribution in [-0.4, -0.2) is 95.9 Å². The van der Waals surface area contributed by atoms with Gasteiger partial charge in [-0.1, -0.05) is 353 Å². The van der Waals surface area contributed by atoms with E-state index in [2.05, 4.69) is 167 Å². The van der Waals surface area contributed by atoms with Gasteiger partial charge in [-0.15, -0.1) is 0 Å². The van der Waals surface area contributed by atoms with Crippen molar-refractivity contribution in [1.82, 2.24) is 0 Å². The molecule has 0 aromatic carbocycles. The SMILES string of the molecule is CC/C=C\C/C=C\C/C=C\C/C=C\C/C=C\C/C=C\CCCCCCCCCCCCCCCCCCC(=O)OCC(O)COP(=O)(O)OCC(O)COP(=O)(O)OCC(COC(=O)CCCCCCCCCCCCC/C=C\C/C=C\C/C=C\C/C=C\C/C=C\CC)OC(=O)CCCCCCC/C=C\CCCCCC. The first kappa shape index (κ1) is 106. The third-order valence-electron chi connectivity index (χ3n) is 18.5. The molecule has 638 valence electrons. The van der Waals surface area contributed by atoms with Gasteiger partial charge in [0.1, 0.15) is 25.4 Å². The molecule has 5 unspecified atom stereocenters. The fourth-order valence-corrected chi connectivity index (χ4v) is 13.5. The average Bonchev–Trinajstić information content (AvgIpc) is 0.903. The molecular formula is C93H160O16P2. The Morgan fingerprint density at radius 1 is 0.261 bits per heavy atom. The standard InChI is InChI=1S/C93H160O16P2/c1-4-7-10-13-16-19-22-25-27-29-31-33-35-37-39-40-41-42-43-44-45-46-48-50-51-53-55-57-59-62-64-67-70-73-76-79-91(96)103-82-88(94)83-105-110(99,100)106-84-89(95)85-107-111(101,102)108-87-90(109-93(98)81-78-75-72-69-66-61-24-21-18-15-12-9-6-3)86-104-92(97)80-77-74-71-68-65-63-60-58-56-54-52-49-47-38-36-34-32-30-28-26-23-20-17-14-11-8-5-2/h7-8,10-11,16-17,19-21,24-28,31-34,37-39,41-42,47,88-90,94-95H,4-6,9,12-15,18,22-23,29-30,35-36,40,43-46,48-87H2,1-3H3,(H,99,100)(H,101,102)/b10-7-,11-8-,19-16-,20-17-,24-21-,27-25-,28-26-,33-31-,34-32-,39-37-,42-41-,47-38-. The van der Waals surface area contributed by atoms with Crippen LogP contribution in [-0.2, 0) is 55.8 Å². The highest BCUT2D eigenvalue weighted by Crippen LogP contribution is 2.45. The summed E-state index contributed by atoms with van der Waals surface area (Å²) in [6.45, 7) is 2.46. The van der Waals surface area contributed by atoms with E-state index in [1.54, 1.807) is 0 Å². The van der Waals surface area contributed by atoms with Gasteiger partial charge in [-0.3, -0.25) is 32.5 Å². The number of rotatable bonds is 83. The lowest BCUT2D eigenvalue weighted by molar-refractivity contribution is -0.161. The Morgan fingerprint density at radius 3 is 0.766 bits per heavy atom. The third-order valence-corrected chi connectivity index (χ3v) is 20.4. The van der Waals surface area contributed by atoms with Gasteiger partial charge >= 0.3 is 33.6 Å². The van der Waals surface area contributed by atoms with Crippen LogP contribution in [0, 0.1) is 0 Å². The van der Waals surface area contributed by atoms with E-state index in [-0.39, 0.29) is 19.3 Å². The third kappa shape index (κ3) is 86.1. The molecule has 0 aromatic heterocycles. The zero-order valence-electron chi connectivity index (χ0n) is 70.1. The van der Waals surface area contributed by atoms with Crippen LogP contribution in [0.2, 0.25) is 0 Å². The van der Waals surface area contributed by atoms with Gasteiger partial charge in [0.15, 0.2) is 6.10 Å². The maximum Gasteiger partial charge on any atom is 0.472 e. The van der Waals surface area contributed by atoms with E-state index >= 15 is 0 Å². The van der Waals surface area contributed by atoms with Crippen LogP contribution in [0.5, 0.6) is 0 Å². The highest BCUT2D eigenvalue weighted by atomic mass is 31.2. The van der Waals surface area contributed by atoms with Crippen LogP contribution in [0.15, 0.2) is 146 Å². The quantitative estimate of drug-likeness (QED) is 0.0146. The molecule has 0 fully saturated rings. The highest BCUT2D eigenvalue weighted by Gasteiger charge is 2.29. The van der Waals surface area contributed by atoms with Gasteiger partial charge in [-0.2, -0.15) is 0 Å². The smallest absolute Gasteiger partial charge is 0.463 e. The van der Waals surface area contributed by atoms with Crippen molar-refractivity contribution in [2.75, 3.05) is 39.6 Å². The van der Waals surface area contributed by atoms with Crippen molar-refractivity contribution in [3.05, 3.63) is 146 Å². The largest absolute Gasteiger partial charge is 0.472 e. The van der Waals surface area contributed by atoms with Gasteiger partial charge < -0.3 is 34.2 Å². The Morgan fingerprint density at radius 2 is 0.477 bits per heavy atom. The summed E-state index contributed by atoms with van der Waals surface area (Å²) in [7, 11) is -9.80. The fourth-order valence-electron chi connectivity index (χ4n) is 11.9. The first-order valence-electron chi connectivity index (χ1n) is 44.1. The minimum atomic E-state index is -4.94. The molecular weight excluding hydrogens is 1430 g/mol. The number of aliphatic hydroxyl groups excluding tert-OH is 2. The molecule has 0 aliphatic heterocycles. The van der Waals surface area contributed by atoms with Gasteiger partial charge in [0, 0.05) is 19.3 Å². The maximum atomic E-state index is 13.0. The number of carbonyl (C=O) groups excluding carboxylic acids is 3. The molecule has 5 atom stereocenters. The minimum absolute atomic E-state index is 0.0930. The number of allylic oxidation sites excluding steroid dienone is 24. The Bertz CT molecular complexity index is 2600. The van der Waals surface area contributed by atoms with Gasteiger partial charge in [0.2, 0.25) is 0 Å². The van der Waals surface area contributed by atoms with Crippen molar-refractivity contribution < 1.29 is 75.8 Å². The van der Waals surface area contributed by atoms with Gasteiger partial charge in [-0.25, -0.2) is 9.13 Å². The molecule has 0 aliphatic rings. The van der Waals surface area contributed by atoms with Gasteiger partial charge in [-0.05, 0) is 141 Å². The zero-order chi connectivity index (χ0) is 80.8. The molecule has 0 bridgehead atoms. The molecule has 0 rings (SSSR count). The lowest BCUT2D eigenvalue weighted by Crippen LogP contribution is -2.30. The van der Waals surface area contributed by atoms with Gasteiger partial charge in [0.05, 0.1) is 26.4 Å². The van der Waals surface area contributed by atoms with Crippen LogP contribution in [0.3, 0.4) is 0 Å². The Labute approximate surface area is 677 Å². The molecule has 18 heteroatoms. The summed E-state index contributed by atoms with van der Waals surface area (Å²) in [4.78, 5) is 58.8. The van der Waals surface area contributed by atoms with E-state index in [0.717, 1.165) is 161 Å². The second-order valence-corrected chi connectivity index (χ2v) is 32.2. The first-order chi connectivity index (χ1) is 54.2. The van der Waals surface area contributed by atoms with Crippen molar-refractivity contribution in [3.8, 4) is 0 Å². The van der Waals surface area contributed by atoms with E-state index < -0.39 is 91.5 Å². The zero-order valence-corrected chi connectivity index (χ0v) is 71.9. The molecule has 0 saturated carbocycles. The lowest BCUT2D eigenvalue weighted by atomic mass is 10.0. The lowest BCUT2D eigenvalue weighted by Gasteiger charge is -2.21. The van der Waals surface area contributed by atoms with Crippen LogP contribution in [0.1, 0.15) is 367 Å². The highest BCUT2D eigenvalue weighted by molar-refractivity contribution is 7.47. The Balaban J connectivity index is 4.40. The number of carbonyl (C=O) groups is 3. The summed E-state index contributed by atoms with van der Waals surface area (Å²) < 4.78 is 61.3. The molecule has 0 heterocycles. The van der Waals surface area contributed by atoms with E-state index in [1.165, 1.54) is 148 Å². The molecule has 0 spiro atoms. The van der Waals surface area contributed by atoms with Crippen molar-refractivity contribution in [1.29, 1.82) is 0 Å². The van der Waals surface area contributed by atoms with Crippen LogP contribution in [0.25, 0.3) is 0 Å². The first-order valence-corrected chi connectivity index (χ1v) is 47.1. The minimum Gasteiger partial charge on any atom is -0.463 e. The number of esters is 3. The van der Waals surface area contributed by atoms with Crippen LogP contribution < -0.4 is 0 Å². The number of unbranched alkanes of at least 4 members (excludes halogenated alkanes) is 36. The van der Waals surface area contributed by atoms with E-state index in [1.807, 2.05) is 0 Å². The summed E-state index contributed by atoms with van der Waals surface area (Å²) in [6, 6.07) is 0. The fraction of sp³-hybridized carbons (Fsp3) is 0.710.